The second-order valence-electron chi connectivity index (χ2n) is 5.81. The Morgan fingerprint density at radius 3 is 2.85 bits per heavy atom. The van der Waals surface area contributed by atoms with Gasteiger partial charge in [0.15, 0.2) is 11.5 Å². The van der Waals surface area contributed by atoms with E-state index in [1.807, 2.05) is 6.07 Å². The van der Waals surface area contributed by atoms with Crippen LogP contribution < -0.4 is 14.8 Å². The lowest BCUT2D eigenvalue weighted by molar-refractivity contribution is 0.173. The summed E-state index contributed by atoms with van der Waals surface area (Å²) in [5.41, 5.74) is 1.22. The van der Waals surface area contributed by atoms with Crippen LogP contribution in [0.25, 0.3) is 0 Å². The third-order valence-electron chi connectivity index (χ3n) is 4.20. The van der Waals surface area contributed by atoms with Gasteiger partial charge in [0.25, 0.3) is 0 Å². The van der Waals surface area contributed by atoms with Crippen molar-refractivity contribution in [2.45, 2.75) is 25.9 Å². The molecule has 1 aromatic carbocycles. The Kier molecular flexibility index (Phi) is 4.19. The van der Waals surface area contributed by atoms with Crippen LogP contribution in [-0.4, -0.2) is 37.9 Å². The number of nitrogens with one attached hydrogen (secondary N) is 1. The lowest BCUT2D eigenvalue weighted by Gasteiger charge is -2.35. The average Bonchev–Trinajstić information content (AvgIpc) is 2.84. The Morgan fingerprint density at radius 1 is 1.35 bits per heavy atom. The smallest absolute Gasteiger partial charge is 0.231 e. The van der Waals surface area contributed by atoms with E-state index in [0.29, 0.717) is 18.8 Å². The van der Waals surface area contributed by atoms with Gasteiger partial charge < -0.3 is 19.7 Å². The number of fused-ring (bicyclic) bond motifs is 1. The van der Waals surface area contributed by atoms with Crippen LogP contribution in [0.15, 0.2) is 16.6 Å². The zero-order valence-electron chi connectivity index (χ0n) is 12.0. The molecule has 1 N–H and O–H groups in total. The second-order valence-corrected chi connectivity index (χ2v) is 6.67. The SMILES string of the molecule is CC1CN(C)CCC1NCc1cc2c(cc1Br)OCO2. The van der Waals surface area contributed by atoms with Gasteiger partial charge in [0.2, 0.25) is 6.79 Å². The molecule has 1 saturated heterocycles. The molecule has 0 bridgehead atoms. The topological polar surface area (TPSA) is 33.7 Å². The van der Waals surface area contributed by atoms with E-state index < -0.39 is 0 Å². The number of ether oxygens (including phenoxy) is 2. The zero-order valence-corrected chi connectivity index (χ0v) is 13.6. The quantitative estimate of drug-likeness (QED) is 0.916. The van der Waals surface area contributed by atoms with E-state index in [4.69, 9.17) is 9.47 Å². The van der Waals surface area contributed by atoms with Gasteiger partial charge in [-0.25, -0.2) is 0 Å². The van der Waals surface area contributed by atoms with Crippen LogP contribution in [0.2, 0.25) is 0 Å². The van der Waals surface area contributed by atoms with Crippen LogP contribution in [0.4, 0.5) is 0 Å². The summed E-state index contributed by atoms with van der Waals surface area (Å²) in [4.78, 5) is 2.40. The predicted molar refractivity (Wildman–Crippen MR) is 82.2 cm³/mol. The minimum absolute atomic E-state index is 0.324. The van der Waals surface area contributed by atoms with E-state index in [2.05, 4.69) is 46.2 Å². The molecule has 2 aliphatic rings. The van der Waals surface area contributed by atoms with Crippen LogP contribution >= 0.6 is 15.9 Å². The maximum atomic E-state index is 5.44. The Morgan fingerprint density at radius 2 is 2.10 bits per heavy atom. The van der Waals surface area contributed by atoms with Crippen molar-refractivity contribution in [3.8, 4) is 11.5 Å². The number of benzene rings is 1. The largest absolute Gasteiger partial charge is 0.454 e. The molecule has 1 fully saturated rings. The lowest BCUT2D eigenvalue weighted by Crippen LogP contribution is -2.46. The molecule has 0 spiro atoms. The van der Waals surface area contributed by atoms with Crippen LogP contribution in [0.1, 0.15) is 18.9 Å². The predicted octanol–water partition coefficient (Wildman–Crippen LogP) is 2.61. The molecule has 2 atom stereocenters. The fourth-order valence-corrected chi connectivity index (χ4v) is 3.46. The molecular formula is C15H21BrN2O2. The molecule has 20 heavy (non-hydrogen) atoms. The fourth-order valence-electron chi connectivity index (χ4n) is 2.99. The first-order valence-corrected chi connectivity index (χ1v) is 7.92. The minimum atomic E-state index is 0.324. The number of likely N-dealkylation sites (tertiary alicyclic amines) is 1. The average molecular weight is 341 g/mol. The van der Waals surface area contributed by atoms with E-state index in [-0.39, 0.29) is 0 Å². The molecule has 5 heteroatoms. The Labute approximate surface area is 128 Å². The van der Waals surface area contributed by atoms with Crippen molar-refractivity contribution >= 4 is 15.9 Å². The maximum Gasteiger partial charge on any atom is 0.231 e. The van der Waals surface area contributed by atoms with E-state index in [0.717, 1.165) is 22.5 Å². The van der Waals surface area contributed by atoms with Gasteiger partial charge in [-0.1, -0.05) is 22.9 Å². The van der Waals surface area contributed by atoms with Gasteiger partial charge in [-0.2, -0.15) is 0 Å². The van der Waals surface area contributed by atoms with Crippen LogP contribution in [0, 0.1) is 5.92 Å². The van der Waals surface area contributed by atoms with Gasteiger partial charge in [-0.3, -0.25) is 0 Å². The second kappa shape index (κ2) is 5.92. The first-order chi connectivity index (χ1) is 9.63. The molecule has 2 unspecified atom stereocenters. The van der Waals surface area contributed by atoms with Crippen molar-refractivity contribution in [1.82, 2.24) is 10.2 Å². The number of halogens is 1. The van der Waals surface area contributed by atoms with Gasteiger partial charge in [0.1, 0.15) is 0 Å². The van der Waals surface area contributed by atoms with E-state index in [1.165, 1.54) is 25.1 Å². The molecule has 0 saturated carbocycles. The minimum Gasteiger partial charge on any atom is -0.454 e. The standard InChI is InChI=1S/C15H21BrN2O2/c1-10-8-18(2)4-3-13(10)17-7-11-5-14-15(6-12(11)16)20-9-19-14/h5-6,10,13,17H,3-4,7-9H2,1-2H3. The van der Waals surface area contributed by atoms with Gasteiger partial charge in [-0.05, 0) is 43.6 Å². The van der Waals surface area contributed by atoms with Gasteiger partial charge in [0.05, 0.1) is 0 Å². The summed E-state index contributed by atoms with van der Waals surface area (Å²) in [6.07, 6.45) is 1.21. The lowest BCUT2D eigenvalue weighted by atomic mass is 9.94. The first kappa shape index (κ1) is 14.2. The molecule has 3 rings (SSSR count). The van der Waals surface area contributed by atoms with Gasteiger partial charge in [-0.15, -0.1) is 0 Å². The van der Waals surface area contributed by atoms with Gasteiger partial charge in [0, 0.05) is 23.6 Å². The molecular weight excluding hydrogens is 320 g/mol. The third kappa shape index (κ3) is 2.95. The van der Waals surface area contributed by atoms with Crippen molar-refractivity contribution < 1.29 is 9.47 Å². The molecule has 4 nitrogen and oxygen atoms in total. The number of piperidine rings is 1. The maximum absolute atomic E-state index is 5.44. The van der Waals surface area contributed by atoms with Crippen molar-refractivity contribution in [2.75, 3.05) is 26.9 Å². The number of hydrogen-bond donors (Lipinski definition) is 1. The summed E-state index contributed by atoms with van der Waals surface area (Å²) in [6.45, 7) is 5.84. The van der Waals surface area contributed by atoms with Crippen molar-refractivity contribution in [3.05, 3.63) is 22.2 Å². The molecule has 110 valence electrons. The highest BCUT2D eigenvalue weighted by Crippen LogP contribution is 2.37. The number of nitrogens with zero attached hydrogens (tertiary/aromatic N) is 1. The van der Waals surface area contributed by atoms with Crippen molar-refractivity contribution in [3.63, 3.8) is 0 Å². The summed E-state index contributed by atoms with van der Waals surface area (Å²) in [6, 6.07) is 4.65. The van der Waals surface area contributed by atoms with Crippen LogP contribution in [0.5, 0.6) is 11.5 Å². The van der Waals surface area contributed by atoms with Crippen LogP contribution in [-0.2, 0) is 6.54 Å². The molecule has 0 aromatic heterocycles. The van der Waals surface area contributed by atoms with Crippen molar-refractivity contribution in [2.24, 2.45) is 5.92 Å². The van der Waals surface area contributed by atoms with E-state index >= 15 is 0 Å². The Balaban J connectivity index is 1.64. The van der Waals surface area contributed by atoms with Crippen molar-refractivity contribution in [1.29, 1.82) is 0 Å². The number of hydrogen-bond acceptors (Lipinski definition) is 4. The highest BCUT2D eigenvalue weighted by molar-refractivity contribution is 9.10. The Bertz CT molecular complexity index is 495. The summed E-state index contributed by atoms with van der Waals surface area (Å²) in [5, 5.41) is 3.69. The van der Waals surface area contributed by atoms with Crippen LogP contribution in [0.3, 0.4) is 0 Å². The summed E-state index contributed by atoms with van der Waals surface area (Å²) in [5.74, 6) is 2.36. The van der Waals surface area contributed by atoms with E-state index in [1.54, 1.807) is 0 Å². The zero-order chi connectivity index (χ0) is 14.1. The highest BCUT2D eigenvalue weighted by Gasteiger charge is 2.24. The highest BCUT2D eigenvalue weighted by atomic mass is 79.9. The molecule has 0 aliphatic carbocycles. The monoisotopic (exact) mass is 340 g/mol. The summed E-state index contributed by atoms with van der Waals surface area (Å²) >= 11 is 3.62. The molecule has 1 aromatic rings. The molecule has 2 heterocycles. The molecule has 0 radical (unpaired) electrons. The normalized spacial score (nSPS) is 25.9. The third-order valence-corrected chi connectivity index (χ3v) is 4.94. The van der Waals surface area contributed by atoms with E-state index in [9.17, 15) is 0 Å². The molecule has 0 amide bonds. The summed E-state index contributed by atoms with van der Waals surface area (Å²) in [7, 11) is 2.20. The first-order valence-electron chi connectivity index (χ1n) is 7.13. The summed E-state index contributed by atoms with van der Waals surface area (Å²) < 4.78 is 11.9. The number of rotatable bonds is 3. The molecule has 2 aliphatic heterocycles. The fraction of sp³-hybridized carbons (Fsp3) is 0.600. The van der Waals surface area contributed by atoms with Gasteiger partial charge >= 0.3 is 0 Å². The Hall–Kier alpha value is -0.780.